The zero-order valence-electron chi connectivity index (χ0n) is 10.4. The van der Waals surface area contributed by atoms with E-state index in [0.29, 0.717) is 6.54 Å². The highest BCUT2D eigenvalue weighted by Gasteiger charge is 2.28. The predicted molar refractivity (Wildman–Crippen MR) is 65.2 cm³/mol. The minimum atomic E-state index is -2.73. The van der Waals surface area contributed by atoms with Crippen LogP contribution in [0, 0.1) is 0 Å². The van der Waals surface area contributed by atoms with Gasteiger partial charge in [0.1, 0.15) is 0 Å². The number of anilines is 1. The normalized spacial score (nSPS) is 18.7. The first-order valence-electron chi connectivity index (χ1n) is 6.13. The number of alkyl halides is 2. The Morgan fingerprint density at radius 3 is 2.84 bits per heavy atom. The van der Waals surface area contributed by atoms with Gasteiger partial charge in [-0.05, 0) is 24.5 Å². The maximum atomic E-state index is 12.5. The second-order valence-electron chi connectivity index (χ2n) is 4.54. The second kappa shape index (κ2) is 4.60. The maximum absolute atomic E-state index is 12.5. The summed E-state index contributed by atoms with van der Waals surface area (Å²) in [6.45, 7) is 2.69. The molecule has 4 nitrogen and oxygen atoms in total. The topological polar surface area (TPSA) is 42.2 Å². The van der Waals surface area contributed by atoms with E-state index in [9.17, 15) is 8.78 Å². The highest BCUT2D eigenvalue weighted by Crippen LogP contribution is 2.33. The summed E-state index contributed by atoms with van der Waals surface area (Å²) in [7, 11) is 0. The molecule has 1 unspecified atom stereocenters. The minimum Gasteiger partial charge on any atom is -0.402 e. The molecule has 0 saturated heterocycles. The Morgan fingerprint density at radius 2 is 2.11 bits per heavy atom. The summed E-state index contributed by atoms with van der Waals surface area (Å²) in [6, 6.07) is 8.30. The molecule has 0 radical (unpaired) electrons. The third-order valence-electron chi connectivity index (χ3n) is 3.46. The zero-order chi connectivity index (χ0) is 13.4. The molecular weight excluding hydrogens is 252 g/mol. The fourth-order valence-corrected chi connectivity index (χ4v) is 2.46. The van der Waals surface area contributed by atoms with Crippen molar-refractivity contribution in [1.82, 2.24) is 10.2 Å². The number of rotatable bonds is 2. The van der Waals surface area contributed by atoms with E-state index in [0.717, 1.165) is 6.42 Å². The van der Waals surface area contributed by atoms with Crippen molar-refractivity contribution in [2.24, 2.45) is 0 Å². The van der Waals surface area contributed by atoms with E-state index < -0.39 is 12.3 Å². The first-order valence-corrected chi connectivity index (χ1v) is 6.13. The SMILES string of the molecule is CC1c2ccccc2CCN1c1nnc(C(F)F)o1. The van der Waals surface area contributed by atoms with Gasteiger partial charge in [0, 0.05) is 6.54 Å². The quantitative estimate of drug-likeness (QED) is 0.836. The number of nitrogens with zero attached hydrogens (tertiary/aromatic N) is 3. The summed E-state index contributed by atoms with van der Waals surface area (Å²) in [5, 5.41) is 7.09. The van der Waals surface area contributed by atoms with Crippen molar-refractivity contribution < 1.29 is 13.2 Å². The first kappa shape index (κ1) is 12.1. The van der Waals surface area contributed by atoms with Gasteiger partial charge in [-0.2, -0.15) is 8.78 Å². The van der Waals surface area contributed by atoms with Gasteiger partial charge in [0.25, 0.3) is 5.89 Å². The van der Waals surface area contributed by atoms with E-state index in [1.54, 1.807) is 0 Å². The van der Waals surface area contributed by atoms with E-state index in [4.69, 9.17) is 4.42 Å². The number of fused-ring (bicyclic) bond motifs is 1. The van der Waals surface area contributed by atoms with Crippen LogP contribution in [0.4, 0.5) is 14.8 Å². The molecule has 1 aliphatic heterocycles. The van der Waals surface area contributed by atoms with E-state index in [1.807, 2.05) is 30.0 Å². The van der Waals surface area contributed by atoms with Crippen molar-refractivity contribution in [3.05, 3.63) is 41.3 Å². The minimum absolute atomic E-state index is 0.0379. The van der Waals surface area contributed by atoms with Crippen LogP contribution in [0.15, 0.2) is 28.7 Å². The molecular formula is C13H13F2N3O. The molecule has 0 N–H and O–H groups in total. The van der Waals surface area contributed by atoms with Crippen LogP contribution in [0.25, 0.3) is 0 Å². The van der Waals surface area contributed by atoms with Gasteiger partial charge in [-0.25, -0.2) is 0 Å². The van der Waals surface area contributed by atoms with E-state index in [2.05, 4.69) is 16.3 Å². The van der Waals surface area contributed by atoms with Crippen molar-refractivity contribution in [3.8, 4) is 0 Å². The molecule has 1 aromatic heterocycles. The van der Waals surface area contributed by atoms with Gasteiger partial charge in [-0.3, -0.25) is 0 Å². The molecule has 1 aliphatic rings. The lowest BCUT2D eigenvalue weighted by atomic mass is 9.94. The zero-order valence-corrected chi connectivity index (χ0v) is 10.4. The van der Waals surface area contributed by atoms with Gasteiger partial charge in [-0.15, -0.1) is 5.10 Å². The molecule has 0 saturated carbocycles. The van der Waals surface area contributed by atoms with Gasteiger partial charge in [-0.1, -0.05) is 29.4 Å². The van der Waals surface area contributed by atoms with Crippen LogP contribution < -0.4 is 4.90 Å². The molecule has 100 valence electrons. The Bertz CT molecular complexity index is 585. The van der Waals surface area contributed by atoms with Gasteiger partial charge < -0.3 is 9.32 Å². The fraction of sp³-hybridized carbons (Fsp3) is 0.385. The Hall–Kier alpha value is -1.98. The summed E-state index contributed by atoms with van der Waals surface area (Å²) in [5.74, 6) is -0.624. The third kappa shape index (κ3) is 2.07. The number of halogens is 2. The summed E-state index contributed by atoms with van der Waals surface area (Å²) in [4.78, 5) is 1.86. The largest absolute Gasteiger partial charge is 0.402 e. The second-order valence-corrected chi connectivity index (χ2v) is 4.54. The summed E-state index contributed by atoms with van der Waals surface area (Å²) < 4.78 is 30.0. The van der Waals surface area contributed by atoms with Crippen LogP contribution in [0.2, 0.25) is 0 Å². The van der Waals surface area contributed by atoms with E-state index in [1.165, 1.54) is 11.1 Å². The number of hydrogen-bond acceptors (Lipinski definition) is 4. The van der Waals surface area contributed by atoms with E-state index in [-0.39, 0.29) is 12.1 Å². The lowest BCUT2D eigenvalue weighted by Crippen LogP contribution is -2.34. The van der Waals surface area contributed by atoms with Crippen LogP contribution in [-0.2, 0) is 6.42 Å². The molecule has 0 spiro atoms. The molecule has 3 rings (SSSR count). The molecule has 19 heavy (non-hydrogen) atoms. The van der Waals surface area contributed by atoms with Crippen LogP contribution >= 0.6 is 0 Å². The average molecular weight is 265 g/mol. The van der Waals surface area contributed by atoms with Crippen molar-refractivity contribution in [2.75, 3.05) is 11.4 Å². The van der Waals surface area contributed by atoms with Gasteiger partial charge in [0.2, 0.25) is 0 Å². The number of aromatic nitrogens is 2. The monoisotopic (exact) mass is 265 g/mol. The Kier molecular flexibility index (Phi) is 2.93. The van der Waals surface area contributed by atoms with Gasteiger partial charge in [0.05, 0.1) is 6.04 Å². The lowest BCUT2D eigenvalue weighted by Gasteiger charge is -2.33. The number of hydrogen-bond donors (Lipinski definition) is 0. The standard InChI is InChI=1S/C13H13F2N3O/c1-8-10-5-3-2-4-9(10)6-7-18(8)13-17-16-12(19-13)11(14)15/h2-5,8,11H,6-7H2,1H3. The van der Waals surface area contributed by atoms with Crippen molar-refractivity contribution >= 4 is 6.01 Å². The van der Waals surface area contributed by atoms with Crippen LogP contribution in [0.5, 0.6) is 0 Å². The Labute approximate surface area is 109 Å². The van der Waals surface area contributed by atoms with Gasteiger partial charge >= 0.3 is 12.4 Å². The molecule has 2 heterocycles. The third-order valence-corrected chi connectivity index (χ3v) is 3.46. The molecule has 0 bridgehead atoms. The highest BCUT2D eigenvalue weighted by molar-refractivity contribution is 5.41. The summed E-state index contributed by atoms with van der Waals surface area (Å²) in [6.07, 6.45) is -1.89. The fourth-order valence-electron chi connectivity index (χ4n) is 2.46. The predicted octanol–water partition coefficient (Wildman–Crippen LogP) is 3.13. The molecule has 0 fully saturated rings. The molecule has 0 amide bonds. The smallest absolute Gasteiger partial charge is 0.318 e. The average Bonchev–Trinajstić information content (AvgIpc) is 2.89. The van der Waals surface area contributed by atoms with Crippen molar-refractivity contribution in [3.63, 3.8) is 0 Å². The molecule has 1 aromatic carbocycles. The molecule has 6 heteroatoms. The molecule has 0 aliphatic carbocycles. The maximum Gasteiger partial charge on any atom is 0.318 e. The Morgan fingerprint density at radius 1 is 1.32 bits per heavy atom. The van der Waals surface area contributed by atoms with Crippen LogP contribution in [0.1, 0.15) is 36.4 Å². The summed E-state index contributed by atoms with van der Waals surface area (Å²) in [5.41, 5.74) is 2.45. The van der Waals surface area contributed by atoms with E-state index >= 15 is 0 Å². The Balaban J connectivity index is 1.91. The summed E-state index contributed by atoms with van der Waals surface area (Å²) >= 11 is 0. The van der Waals surface area contributed by atoms with Crippen molar-refractivity contribution in [1.29, 1.82) is 0 Å². The number of benzene rings is 1. The van der Waals surface area contributed by atoms with Gasteiger partial charge in [0.15, 0.2) is 0 Å². The van der Waals surface area contributed by atoms with Crippen molar-refractivity contribution in [2.45, 2.75) is 25.8 Å². The lowest BCUT2D eigenvalue weighted by molar-refractivity contribution is 0.115. The first-order chi connectivity index (χ1) is 9.16. The molecule has 1 atom stereocenters. The molecule has 2 aromatic rings. The highest BCUT2D eigenvalue weighted by atomic mass is 19.3. The van der Waals surface area contributed by atoms with Crippen LogP contribution in [-0.4, -0.2) is 16.7 Å². The van der Waals surface area contributed by atoms with Crippen LogP contribution in [0.3, 0.4) is 0 Å².